The Hall–Kier alpha value is -2.38. The van der Waals surface area contributed by atoms with Gasteiger partial charge < -0.3 is 19.5 Å². The first-order valence-electron chi connectivity index (χ1n) is 9.20. The number of nitrogens with zero attached hydrogens (tertiary/aromatic N) is 3. The van der Waals surface area contributed by atoms with Gasteiger partial charge in [0.15, 0.2) is 0 Å². The van der Waals surface area contributed by atoms with Gasteiger partial charge in [-0.25, -0.2) is 9.78 Å². The Kier molecular flexibility index (Phi) is 5.02. The Morgan fingerprint density at radius 1 is 1.38 bits per heavy atom. The fourth-order valence-electron chi connectivity index (χ4n) is 3.74. The number of piperidine rings is 1. The van der Waals surface area contributed by atoms with E-state index in [2.05, 4.69) is 16.9 Å². The lowest BCUT2D eigenvalue weighted by Gasteiger charge is -2.37. The molecule has 8 nitrogen and oxygen atoms in total. The minimum absolute atomic E-state index is 0.0492. The number of hydrogen-bond donors (Lipinski definition) is 1. The number of carbonyl (C=O) groups excluding carboxylic acids is 2. The van der Waals surface area contributed by atoms with E-state index in [1.54, 1.807) is 16.7 Å². The molecule has 1 aromatic rings. The molecule has 0 bridgehead atoms. The number of H-pyrrole nitrogens is 1. The van der Waals surface area contributed by atoms with Gasteiger partial charge in [0, 0.05) is 38.2 Å². The Labute approximate surface area is 152 Å². The molecule has 2 fully saturated rings. The first kappa shape index (κ1) is 18.4. The number of aryl methyl sites for hydroxylation is 1. The van der Waals surface area contributed by atoms with Gasteiger partial charge in [0.2, 0.25) is 0 Å². The van der Waals surface area contributed by atoms with Crippen LogP contribution in [0.2, 0.25) is 0 Å². The summed E-state index contributed by atoms with van der Waals surface area (Å²) in [6.07, 6.45) is 4.18. The molecule has 0 unspecified atom stereocenters. The van der Waals surface area contributed by atoms with E-state index in [1.165, 1.54) is 6.20 Å². The third-order valence-electron chi connectivity index (χ3n) is 5.35. The number of aromatic nitrogens is 2. The molecule has 2 aliphatic rings. The number of likely N-dealkylation sites (tertiary alicyclic amines) is 1. The smallest absolute Gasteiger partial charge is 0.410 e. The van der Waals surface area contributed by atoms with Crippen molar-refractivity contribution < 1.29 is 14.3 Å². The molecule has 0 saturated carbocycles. The van der Waals surface area contributed by atoms with Crippen LogP contribution in [0.4, 0.5) is 4.79 Å². The van der Waals surface area contributed by atoms with Crippen molar-refractivity contribution in [1.29, 1.82) is 0 Å². The zero-order valence-corrected chi connectivity index (χ0v) is 15.6. The highest BCUT2D eigenvalue weighted by Gasteiger charge is 2.48. The van der Waals surface area contributed by atoms with Crippen LogP contribution in [0.1, 0.15) is 55.7 Å². The molecule has 0 aromatic carbocycles. The topological polar surface area (TPSA) is 95.6 Å². The second-order valence-electron chi connectivity index (χ2n) is 7.32. The molecule has 8 heteroatoms. The molecular formula is C18H26N4O4. The number of nitrogens with one attached hydrogen (secondary N) is 1. The van der Waals surface area contributed by atoms with Crippen LogP contribution in [0.25, 0.3) is 0 Å². The fourth-order valence-corrected chi connectivity index (χ4v) is 3.74. The van der Waals surface area contributed by atoms with E-state index in [-0.39, 0.29) is 23.6 Å². The van der Waals surface area contributed by atoms with E-state index < -0.39 is 11.2 Å². The van der Waals surface area contributed by atoms with Crippen LogP contribution in [-0.4, -0.2) is 63.0 Å². The van der Waals surface area contributed by atoms with Crippen LogP contribution in [0, 0.1) is 6.92 Å². The Balaban J connectivity index is 1.65. The Morgan fingerprint density at radius 2 is 2.08 bits per heavy atom. The first-order valence-corrected chi connectivity index (χ1v) is 9.20. The van der Waals surface area contributed by atoms with Crippen molar-refractivity contribution in [3.8, 4) is 0 Å². The van der Waals surface area contributed by atoms with Crippen LogP contribution in [0.3, 0.4) is 0 Å². The van der Waals surface area contributed by atoms with Crippen LogP contribution in [0.5, 0.6) is 0 Å². The average Bonchev–Trinajstić information content (AvgIpc) is 2.91. The largest absolute Gasteiger partial charge is 0.441 e. The van der Waals surface area contributed by atoms with E-state index in [1.807, 2.05) is 6.92 Å². The molecule has 0 radical (unpaired) electrons. The molecule has 1 N–H and O–H groups in total. The molecule has 3 heterocycles. The molecule has 1 atom stereocenters. The van der Waals surface area contributed by atoms with Crippen molar-refractivity contribution in [2.45, 2.75) is 58.1 Å². The highest BCUT2D eigenvalue weighted by atomic mass is 16.6. The zero-order chi connectivity index (χ0) is 18.9. The van der Waals surface area contributed by atoms with Gasteiger partial charge in [0.25, 0.3) is 11.5 Å². The van der Waals surface area contributed by atoms with Crippen molar-refractivity contribution in [3.63, 3.8) is 0 Å². The van der Waals surface area contributed by atoms with Gasteiger partial charge in [-0.1, -0.05) is 13.3 Å². The number of rotatable bonds is 4. The monoisotopic (exact) mass is 362 g/mol. The summed E-state index contributed by atoms with van der Waals surface area (Å²) >= 11 is 0. The fraction of sp³-hybridized carbons (Fsp3) is 0.667. The third-order valence-corrected chi connectivity index (χ3v) is 5.35. The lowest BCUT2D eigenvalue weighted by atomic mass is 9.90. The summed E-state index contributed by atoms with van der Waals surface area (Å²) in [5.41, 5.74) is -0.892. The molecule has 1 spiro atoms. The number of ether oxygens (including phenoxy) is 1. The summed E-state index contributed by atoms with van der Waals surface area (Å²) in [6.45, 7) is 7.28. The molecule has 2 amide bonds. The van der Waals surface area contributed by atoms with Crippen molar-refractivity contribution in [1.82, 2.24) is 19.8 Å². The highest BCUT2D eigenvalue weighted by Crippen LogP contribution is 2.35. The van der Waals surface area contributed by atoms with Gasteiger partial charge in [-0.05, 0) is 20.3 Å². The Bertz CT molecular complexity index is 752. The Morgan fingerprint density at radius 3 is 2.69 bits per heavy atom. The first-order chi connectivity index (χ1) is 12.3. The lowest BCUT2D eigenvalue weighted by Crippen LogP contribution is -2.49. The summed E-state index contributed by atoms with van der Waals surface area (Å²) in [4.78, 5) is 46.8. The van der Waals surface area contributed by atoms with Crippen LogP contribution >= 0.6 is 0 Å². The minimum atomic E-state index is -0.520. The van der Waals surface area contributed by atoms with Gasteiger partial charge in [-0.2, -0.15) is 0 Å². The highest BCUT2D eigenvalue weighted by molar-refractivity contribution is 5.93. The minimum Gasteiger partial charge on any atom is -0.441 e. The normalized spacial score (nSPS) is 20.3. The second kappa shape index (κ2) is 7.09. The molecule has 3 rings (SSSR count). The summed E-state index contributed by atoms with van der Waals surface area (Å²) in [7, 11) is 0. The number of carbonyl (C=O) groups is 2. The molecule has 1 aromatic heterocycles. The number of amides is 2. The van der Waals surface area contributed by atoms with E-state index in [9.17, 15) is 14.4 Å². The predicted octanol–water partition coefficient (Wildman–Crippen LogP) is 1.69. The molecule has 2 aliphatic heterocycles. The SMILES string of the molecule is CCC[C@H](C)N1CC2(CCN(C(=O)c3cnc(C)[nH]c3=O)CC2)OC1=O. The maximum atomic E-state index is 12.6. The number of hydrogen-bond acceptors (Lipinski definition) is 5. The second-order valence-corrected chi connectivity index (χ2v) is 7.32. The van der Waals surface area contributed by atoms with Gasteiger partial charge >= 0.3 is 6.09 Å². The van der Waals surface area contributed by atoms with Gasteiger partial charge in [-0.3, -0.25) is 9.59 Å². The quantitative estimate of drug-likeness (QED) is 0.879. The molecule has 2 saturated heterocycles. The van der Waals surface area contributed by atoms with E-state index in [0.717, 1.165) is 12.8 Å². The predicted molar refractivity (Wildman–Crippen MR) is 95.0 cm³/mol. The van der Waals surface area contributed by atoms with Gasteiger partial charge in [-0.15, -0.1) is 0 Å². The van der Waals surface area contributed by atoms with E-state index in [0.29, 0.717) is 38.3 Å². The van der Waals surface area contributed by atoms with Gasteiger partial charge in [0.05, 0.1) is 6.54 Å². The summed E-state index contributed by atoms with van der Waals surface area (Å²) in [5, 5.41) is 0. The van der Waals surface area contributed by atoms with Crippen molar-refractivity contribution in [2.24, 2.45) is 0 Å². The molecule has 0 aliphatic carbocycles. The molecular weight excluding hydrogens is 336 g/mol. The van der Waals surface area contributed by atoms with E-state index in [4.69, 9.17) is 4.74 Å². The van der Waals surface area contributed by atoms with Crippen LogP contribution in [0.15, 0.2) is 11.0 Å². The number of aromatic amines is 1. The van der Waals surface area contributed by atoms with Crippen molar-refractivity contribution >= 4 is 12.0 Å². The van der Waals surface area contributed by atoms with Gasteiger partial charge in [0.1, 0.15) is 17.0 Å². The standard InChI is InChI=1S/C18H26N4O4/c1-4-5-12(2)22-11-18(26-17(22)25)6-8-21(9-7-18)16(24)14-10-19-13(3)20-15(14)23/h10,12H,4-9,11H2,1-3H3,(H,19,20,23)/t12-/m0/s1. The van der Waals surface area contributed by atoms with Crippen LogP contribution < -0.4 is 5.56 Å². The average molecular weight is 362 g/mol. The maximum Gasteiger partial charge on any atom is 0.410 e. The summed E-state index contributed by atoms with van der Waals surface area (Å²) < 4.78 is 5.71. The summed E-state index contributed by atoms with van der Waals surface area (Å²) in [6, 6.07) is 0.156. The molecule has 142 valence electrons. The summed E-state index contributed by atoms with van der Waals surface area (Å²) in [5.74, 6) is 0.150. The molecule has 26 heavy (non-hydrogen) atoms. The van der Waals surface area contributed by atoms with Crippen LogP contribution in [-0.2, 0) is 4.74 Å². The van der Waals surface area contributed by atoms with Crippen molar-refractivity contribution in [2.75, 3.05) is 19.6 Å². The lowest BCUT2D eigenvalue weighted by molar-refractivity contribution is 0.00301. The maximum absolute atomic E-state index is 12.6. The zero-order valence-electron chi connectivity index (χ0n) is 15.6. The third kappa shape index (κ3) is 3.45. The van der Waals surface area contributed by atoms with Crippen molar-refractivity contribution in [3.05, 3.63) is 27.9 Å². The van der Waals surface area contributed by atoms with E-state index >= 15 is 0 Å².